The highest BCUT2D eigenvalue weighted by molar-refractivity contribution is 7.25. The Morgan fingerprint density at radius 1 is 0.480 bits per heavy atom. The molecule has 2 unspecified atom stereocenters. The molecular formula is C45H29N3OS. The second kappa shape index (κ2) is 11.8. The van der Waals surface area contributed by atoms with Crippen LogP contribution >= 0.6 is 11.3 Å². The standard InChI is InChI=1S/C45H29N3OS/c1-3-10-28(11-4-1)29-18-20-30(21-19-29)32-22-25-36-39(26-32)49-38-16-9-15-37(42(36)38)45-47-43(31-12-5-2-6-13-31)46-44(48-45)33-23-24-35-34-14-7-8-17-40(34)50-41(35)27-33/h1-27,38,42H. The first kappa shape index (κ1) is 28.8. The van der Waals surface area contributed by atoms with Gasteiger partial charge in [-0.1, -0.05) is 140 Å². The van der Waals surface area contributed by atoms with Crippen LogP contribution in [-0.4, -0.2) is 21.1 Å². The topological polar surface area (TPSA) is 47.9 Å². The molecule has 6 aromatic carbocycles. The van der Waals surface area contributed by atoms with Crippen LogP contribution in [0.5, 0.6) is 5.75 Å². The van der Waals surface area contributed by atoms with Gasteiger partial charge >= 0.3 is 0 Å². The van der Waals surface area contributed by atoms with E-state index in [4.69, 9.17) is 19.7 Å². The Hall–Kier alpha value is -6.17. The smallest absolute Gasteiger partial charge is 0.164 e. The van der Waals surface area contributed by atoms with Crippen molar-refractivity contribution in [3.63, 3.8) is 0 Å². The average molecular weight is 660 g/mol. The van der Waals surface area contributed by atoms with Crippen molar-refractivity contribution in [2.45, 2.75) is 12.0 Å². The average Bonchev–Trinajstić information content (AvgIpc) is 3.76. The molecule has 5 heteroatoms. The SMILES string of the molecule is C1=CC2Oc3cc(-c4ccc(-c5ccccc5)cc4)ccc3C2C(c2nc(-c3ccccc3)nc(-c3ccc4c(c3)sc3ccccc34)n2)=C1. The van der Waals surface area contributed by atoms with Crippen molar-refractivity contribution in [3.05, 3.63) is 175 Å². The predicted octanol–water partition coefficient (Wildman–Crippen LogP) is 11.4. The van der Waals surface area contributed by atoms with Crippen LogP contribution in [-0.2, 0) is 0 Å². The predicted molar refractivity (Wildman–Crippen MR) is 205 cm³/mol. The van der Waals surface area contributed by atoms with Crippen molar-refractivity contribution in [1.82, 2.24) is 15.0 Å². The summed E-state index contributed by atoms with van der Waals surface area (Å²) in [5, 5.41) is 2.53. The summed E-state index contributed by atoms with van der Waals surface area (Å²) in [6.07, 6.45) is 6.20. The molecule has 2 aliphatic rings. The van der Waals surface area contributed by atoms with Crippen LogP contribution in [0.1, 0.15) is 17.3 Å². The number of rotatable bonds is 5. The van der Waals surface area contributed by atoms with Crippen molar-refractivity contribution in [2.75, 3.05) is 0 Å². The van der Waals surface area contributed by atoms with E-state index in [0.29, 0.717) is 17.5 Å². The second-order valence-electron chi connectivity index (χ2n) is 12.7. The summed E-state index contributed by atoms with van der Waals surface area (Å²) in [7, 11) is 0. The first-order valence-corrected chi connectivity index (χ1v) is 17.7. The molecule has 0 radical (unpaired) electrons. The van der Waals surface area contributed by atoms with Crippen molar-refractivity contribution in [2.24, 2.45) is 0 Å². The molecule has 0 saturated carbocycles. The van der Waals surface area contributed by atoms with Crippen LogP contribution < -0.4 is 4.74 Å². The van der Waals surface area contributed by atoms with Gasteiger partial charge in [-0.15, -0.1) is 11.3 Å². The normalized spacial score (nSPS) is 16.2. The molecule has 8 aromatic rings. The van der Waals surface area contributed by atoms with Gasteiger partial charge in [0.1, 0.15) is 11.9 Å². The monoisotopic (exact) mass is 659 g/mol. The van der Waals surface area contributed by atoms with Gasteiger partial charge in [0, 0.05) is 42.4 Å². The summed E-state index contributed by atoms with van der Waals surface area (Å²) >= 11 is 1.80. The fourth-order valence-electron chi connectivity index (χ4n) is 7.25. The third kappa shape index (κ3) is 4.94. The van der Waals surface area contributed by atoms with Crippen molar-refractivity contribution < 1.29 is 4.74 Å². The van der Waals surface area contributed by atoms with Gasteiger partial charge in [0.2, 0.25) is 0 Å². The molecule has 10 rings (SSSR count). The zero-order chi connectivity index (χ0) is 33.0. The quantitative estimate of drug-likeness (QED) is 0.184. The Morgan fingerprint density at radius 2 is 1.08 bits per heavy atom. The molecular weight excluding hydrogens is 631 g/mol. The van der Waals surface area contributed by atoms with Gasteiger partial charge in [0.25, 0.3) is 0 Å². The van der Waals surface area contributed by atoms with Gasteiger partial charge in [-0.05, 0) is 46.5 Å². The largest absolute Gasteiger partial charge is 0.485 e. The summed E-state index contributed by atoms with van der Waals surface area (Å²) in [6, 6.07) is 51.1. The molecule has 4 nitrogen and oxygen atoms in total. The second-order valence-corrected chi connectivity index (χ2v) is 13.8. The summed E-state index contributed by atoms with van der Waals surface area (Å²) in [5.41, 5.74) is 8.79. The molecule has 2 atom stereocenters. The maximum absolute atomic E-state index is 6.63. The van der Waals surface area contributed by atoms with Gasteiger partial charge in [0.05, 0.1) is 5.92 Å². The first-order chi connectivity index (χ1) is 24.7. The van der Waals surface area contributed by atoms with Gasteiger partial charge in [-0.25, -0.2) is 15.0 Å². The van der Waals surface area contributed by atoms with E-state index < -0.39 is 0 Å². The fourth-order valence-corrected chi connectivity index (χ4v) is 8.39. The molecule has 0 N–H and O–H groups in total. The van der Waals surface area contributed by atoms with E-state index >= 15 is 0 Å². The summed E-state index contributed by atoms with van der Waals surface area (Å²) in [6.45, 7) is 0. The fraction of sp³-hybridized carbons (Fsp3) is 0.0444. The molecule has 1 aliphatic carbocycles. The molecule has 0 fully saturated rings. The lowest BCUT2D eigenvalue weighted by Gasteiger charge is -2.22. The molecule has 1 aliphatic heterocycles. The number of nitrogens with zero attached hydrogens (tertiary/aromatic N) is 3. The lowest BCUT2D eigenvalue weighted by molar-refractivity contribution is 0.271. The number of aromatic nitrogens is 3. The highest BCUT2D eigenvalue weighted by atomic mass is 32.1. The van der Waals surface area contributed by atoms with E-state index in [2.05, 4.69) is 140 Å². The van der Waals surface area contributed by atoms with Crippen LogP contribution in [0.4, 0.5) is 0 Å². The zero-order valence-electron chi connectivity index (χ0n) is 26.9. The van der Waals surface area contributed by atoms with Gasteiger partial charge < -0.3 is 4.74 Å². The lowest BCUT2D eigenvalue weighted by Crippen LogP contribution is -2.20. The van der Waals surface area contributed by atoms with E-state index in [-0.39, 0.29) is 12.0 Å². The number of hydrogen-bond donors (Lipinski definition) is 0. The van der Waals surface area contributed by atoms with Crippen molar-refractivity contribution >= 4 is 37.1 Å². The Kier molecular flexibility index (Phi) is 6.78. The molecule has 3 heterocycles. The van der Waals surface area contributed by atoms with E-state index in [1.807, 2.05) is 24.3 Å². The zero-order valence-corrected chi connectivity index (χ0v) is 27.7. The minimum atomic E-state index is -0.143. The Balaban J connectivity index is 1.04. The van der Waals surface area contributed by atoms with E-state index in [1.54, 1.807) is 11.3 Å². The highest BCUT2D eigenvalue weighted by Crippen LogP contribution is 2.49. The minimum Gasteiger partial charge on any atom is -0.485 e. The van der Waals surface area contributed by atoms with Crippen molar-refractivity contribution in [1.29, 1.82) is 0 Å². The van der Waals surface area contributed by atoms with Crippen LogP contribution in [0.2, 0.25) is 0 Å². The molecule has 0 spiro atoms. The number of hydrogen-bond acceptors (Lipinski definition) is 5. The van der Waals surface area contributed by atoms with Crippen LogP contribution in [0.3, 0.4) is 0 Å². The Labute approximate surface area is 293 Å². The minimum absolute atomic E-state index is 0.0338. The van der Waals surface area contributed by atoms with Crippen LogP contribution in [0, 0.1) is 0 Å². The number of benzene rings is 6. The molecule has 236 valence electrons. The van der Waals surface area contributed by atoms with E-state index in [9.17, 15) is 0 Å². The molecule has 0 amide bonds. The third-order valence-corrected chi connectivity index (χ3v) is 10.9. The highest BCUT2D eigenvalue weighted by Gasteiger charge is 2.38. The van der Waals surface area contributed by atoms with E-state index in [1.165, 1.54) is 31.3 Å². The van der Waals surface area contributed by atoms with Gasteiger partial charge in [-0.3, -0.25) is 0 Å². The maximum atomic E-state index is 6.63. The van der Waals surface area contributed by atoms with Crippen molar-refractivity contribution in [3.8, 4) is 50.8 Å². The molecule has 2 aromatic heterocycles. The number of thiophene rings is 1. The molecule has 50 heavy (non-hydrogen) atoms. The van der Waals surface area contributed by atoms with Crippen LogP contribution in [0.15, 0.2) is 164 Å². The first-order valence-electron chi connectivity index (χ1n) is 16.8. The number of ether oxygens (including phenoxy) is 1. The third-order valence-electron chi connectivity index (χ3n) is 9.74. The summed E-state index contributed by atoms with van der Waals surface area (Å²) < 4.78 is 9.12. The molecule has 0 bridgehead atoms. The Bertz CT molecular complexity index is 2620. The maximum Gasteiger partial charge on any atom is 0.164 e. The van der Waals surface area contributed by atoms with Crippen LogP contribution in [0.25, 0.3) is 70.8 Å². The summed E-state index contributed by atoms with van der Waals surface area (Å²) in [5.74, 6) is 2.85. The Morgan fingerprint density at radius 3 is 1.88 bits per heavy atom. The van der Waals surface area contributed by atoms with Gasteiger partial charge in [0.15, 0.2) is 17.5 Å². The molecule has 0 saturated heterocycles. The lowest BCUT2D eigenvalue weighted by atomic mass is 9.83. The van der Waals surface area contributed by atoms with Gasteiger partial charge in [-0.2, -0.15) is 0 Å². The number of fused-ring (bicyclic) bond motifs is 6. The van der Waals surface area contributed by atoms with E-state index in [0.717, 1.165) is 39.1 Å². The summed E-state index contributed by atoms with van der Waals surface area (Å²) in [4.78, 5) is 15.3. The number of allylic oxidation sites excluding steroid dienone is 2.